The van der Waals surface area contributed by atoms with Gasteiger partial charge in [-0.05, 0) is 18.6 Å². The first kappa shape index (κ1) is 11.2. The van der Waals surface area contributed by atoms with Gasteiger partial charge in [0.1, 0.15) is 5.75 Å². The van der Waals surface area contributed by atoms with Gasteiger partial charge in [-0.2, -0.15) is 0 Å². The smallest absolute Gasteiger partial charge is 0.303 e. The van der Waals surface area contributed by atoms with Gasteiger partial charge >= 0.3 is 5.97 Å². The third-order valence-corrected chi connectivity index (χ3v) is 1.96. The van der Waals surface area contributed by atoms with Crippen molar-refractivity contribution < 1.29 is 19.8 Å². The van der Waals surface area contributed by atoms with Crippen molar-refractivity contribution in [3.63, 3.8) is 0 Å². The summed E-state index contributed by atoms with van der Waals surface area (Å²) >= 11 is 0. The van der Waals surface area contributed by atoms with Crippen molar-refractivity contribution in [1.29, 1.82) is 0 Å². The van der Waals surface area contributed by atoms with Crippen molar-refractivity contribution in [3.8, 4) is 5.75 Å². The molecule has 1 aromatic rings. The van der Waals surface area contributed by atoms with Crippen LogP contribution in [-0.4, -0.2) is 22.0 Å². The van der Waals surface area contributed by atoms with Gasteiger partial charge in [0.05, 0.1) is 0 Å². The number of ketones is 1. The van der Waals surface area contributed by atoms with Crippen LogP contribution < -0.4 is 0 Å². The summed E-state index contributed by atoms with van der Waals surface area (Å²) in [6.07, 6.45) is 0.504. The fourth-order valence-electron chi connectivity index (χ4n) is 1.22. The Morgan fingerprint density at radius 2 is 1.93 bits per heavy atom. The minimum atomic E-state index is -0.904. The number of carboxylic acid groups (broad SMARTS) is 1. The average Bonchev–Trinajstić information content (AvgIpc) is 2.17. The fourth-order valence-corrected chi connectivity index (χ4v) is 1.22. The van der Waals surface area contributed by atoms with Gasteiger partial charge in [-0.25, -0.2) is 0 Å². The van der Waals surface area contributed by atoms with Gasteiger partial charge < -0.3 is 10.2 Å². The predicted octanol–water partition coefficient (Wildman–Crippen LogP) is 1.83. The van der Waals surface area contributed by atoms with Crippen molar-refractivity contribution in [2.45, 2.75) is 19.3 Å². The van der Waals surface area contributed by atoms with E-state index in [0.717, 1.165) is 0 Å². The van der Waals surface area contributed by atoms with Gasteiger partial charge in [-0.3, -0.25) is 9.59 Å². The van der Waals surface area contributed by atoms with E-state index in [0.29, 0.717) is 12.0 Å². The summed E-state index contributed by atoms with van der Waals surface area (Å²) in [6.45, 7) is 0. The van der Waals surface area contributed by atoms with Crippen LogP contribution in [0.15, 0.2) is 24.3 Å². The minimum Gasteiger partial charge on any atom is -0.508 e. The normalized spacial score (nSPS) is 9.87. The van der Waals surface area contributed by atoms with Crippen LogP contribution in [0.3, 0.4) is 0 Å². The van der Waals surface area contributed by atoms with Crippen LogP contribution in [0, 0.1) is 0 Å². The molecule has 4 heteroatoms. The van der Waals surface area contributed by atoms with E-state index in [2.05, 4.69) is 0 Å². The lowest BCUT2D eigenvalue weighted by Gasteiger charge is -2.00. The van der Waals surface area contributed by atoms with E-state index in [4.69, 9.17) is 10.2 Å². The van der Waals surface area contributed by atoms with Crippen LogP contribution in [0.1, 0.15) is 29.6 Å². The maximum Gasteiger partial charge on any atom is 0.303 e. The second-order valence-electron chi connectivity index (χ2n) is 3.22. The lowest BCUT2D eigenvalue weighted by molar-refractivity contribution is -0.137. The Bertz CT molecular complexity index is 371. The summed E-state index contributed by atoms with van der Waals surface area (Å²) in [6, 6.07) is 6.04. The molecule has 15 heavy (non-hydrogen) atoms. The lowest BCUT2D eigenvalue weighted by Crippen LogP contribution is -2.01. The predicted molar refractivity (Wildman–Crippen MR) is 53.9 cm³/mol. The summed E-state index contributed by atoms with van der Waals surface area (Å²) in [7, 11) is 0. The standard InChI is InChI=1S/C11H12O4/c12-9-4-1-3-8(7-9)10(13)5-2-6-11(14)15/h1,3-4,7,12H,2,5-6H2,(H,14,15). The summed E-state index contributed by atoms with van der Waals surface area (Å²) < 4.78 is 0. The van der Waals surface area contributed by atoms with E-state index in [1.165, 1.54) is 12.1 Å². The molecule has 2 N–H and O–H groups in total. The molecular weight excluding hydrogens is 196 g/mol. The summed E-state index contributed by atoms with van der Waals surface area (Å²) in [5, 5.41) is 17.5. The van der Waals surface area contributed by atoms with Crippen molar-refractivity contribution in [2.24, 2.45) is 0 Å². The molecule has 80 valence electrons. The number of Topliss-reactive ketones (excluding diaryl/α,β-unsaturated/α-hetero) is 1. The van der Waals surface area contributed by atoms with Crippen LogP contribution in [0.2, 0.25) is 0 Å². The van der Waals surface area contributed by atoms with Gasteiger partial charge in [0, 0.05) is 18.4 Å². The molecule has 1 rings (SSSR count). The molecule has 0 unspecified atom stereocenters. The van der Waals surface area contributed by atoms with Crippen molar-refractivity contribution in [1.82, 2.24) is 0 Å². The van der Waals surface area contributed by atoms with E-state index in [1.54, 1.807) is 12.1 Å². The highest BCUT2D eigenvalue weighted by Crippen LogP contribution is 2.13. The molecule has 0 spiro atoms. The van der Waals surface area contributed by atoms with E-state index in [9.17, 15) is 9.59 Å². The van der Waals surface area contributed by atoms with Crippen molar-refractivity contribution in [3.05, 3.63) is 29.8 Å². The lowest BCUT2D eigenvalue weighted by atomic mass is 10.1. The molecule has 0 bridgehead atoms. The van der Waals surface area contributed by atoms with Crippen LogP contribution in [0.5, 0.6) is 5.75 Å². The topological polar surface area (TPSA) is 74.6 Å². The zero-order valence-corrected chi connectivity index (χ0v) is 8.14. The van der Waals surface area contributed by atoms with Gasteiger partial charge in [0.2, 0.25) is 0 Å². The maximum absolute atomic E-state index is 11.5. The van der Waals surface area contributed by atoms with Crippen LogP contribution in [-0.2, 0) is 4.79 Å². The molecule has 0 atom stereocenters. The van der Waals surface area contributed by atoms with Crippen LogP contribution in [0.25, 0.3) is 0 Å². The number of carbonyl (C=O) groups excluding carboxylic acids is 1. The molecule has 0 aliphatic carbocycles. The Morgan fingerprint density at radius 1 is 1.20 bits per heavy atom. The van der Waals surface area contributed by atoms with E-state index in [1.807, 2.05) is 0 Å². The first-order chi connectivity index (χ1) is 7.09. The number of aliphatic carboxylic acids is 1. The molecule has 0 aliphatic rings. The molecule has 0 saturated carbocycles. The van der Waals surface area contributed by atoms with Gasteiger partial charge in [-0.1, -0.05) is 12.1 Å². The second kappa shape index (κ2) is 5.14. The maximum atomic E-state index is 11.5. The molecule has 0 fully saturated rings. The highest BCUT2D eigenvalue weighted by atomic mass is 16.4. The van der Waals surface area contributed by atoms with E-state index >= 15 is 0 Å². The summed E-state index contributed by atoms with van der Waals surface area (Å²) in [4.78, 5) is 21.7. The van der Waals surface area contributed by atoms with Crippen molar-refractivity contribution >= 4 is 11.8 Å². The molecule has 0 radical (unpaired) electrons. The first-order valence-corrected chi connectivity index (χ1v) is 4.63. The number of phenols is 1. The zero-order chi connectivity index (χ0) is 11.3. The van der Waals surface area contributed by atoms with Crippen LogP contribution >= 0.6 is 0 Å². The third kappa shape index (κ3) is 3.81. The number of hydrogen-bond acceptors (Lipinski definition) is 3. The minimum absolute atomic E-state index is 0.00937. The highest BCUT2D eigenvalue weighted by Gasteiger charge is 2.07. The molecular formula is C11H12O4. The monoisotopic (exact) mass is 208 g/mol. The number of phenolic OH excluding ortho intramolecular Hbond substituents is 1. The second-order valence-corrected chi connectivity index (χ2v) is 3.22. The van der Waals surface area contributed by atoms with Gasteiger partial charge in [-0.15, -0.1) is 0 Å². The number of aromatic hydroxyl groups is 1. The summed E-state index contributed by atoms with van der Waals surface area (Å²) in [5.74, 6) is -1.01. The van der Waals surface area contributed by atoms with Gasteiger partial charge in [0.15, 0.2) is 5.78 Å². The summed E-state index contributed by atoms with van der Waals surface area (Å²) in [5.41, 5.74) is 0.417. The molecule has 4 nitrogen and oxygen atoms in total. The van der Waals surface area contributed by atoms with Crippen molar-refractivity contribution in [2.75, 3.05) is 0 Å². The first-order valence-electron chi connectivity index (χ1n) is 4.63. The molecule has 1 aromatic carbocycles. The molecule has 0 saturated heterocycles. The Labute approximate surface area is 87.2 Å². The molecule has 0 amide bonds. The third-order valence-electron chi connectivity index (χ3n) is 1.96. The Morgan fingerprint density at radius 3 is 2.53 bits per heavy atom. The largest absolute Gasteiger partial charge is 0.508 e. The number of rotatable bonds is 5. The Balaban J connectivity index is 2.50. The fraction of sp³-hybridized carbons (Fsp3) is 0.273. The average molecular weight is 208 g/mol. The SMILES string of the molecule is O=C(O)CCCC(=O)c1cccc(O)c1. The number of carbonyl (C=O) groups is 2. The number of carboxylic acids is 1. The Kier molecular flexibility index (Phi) is 3.85. The quantitative estimate of drug-likeness (QED) is 0.724. The van der Waals surface area contributed by atoms with E-state index < -0.39 is 5.97 Å². The number of hydrogen-bond donors (Lipinski definition) is 2. The highest BCUT2D eigenvalue weighted by molar-refractivity contribution is 5.96. The van der Waals surface area contributed by atoms with E-state index in [-0.39, 0.29) is 24.4 Å². The molecule has 0 aromatic heterocycles. The Hall–Kier alpha value is -1.84. The van der Waals surface area contributed by atoms with Crippen LogP contribution in [0.4, 0.5) is 0 Å². The van der Waals surface area contributed by atoms with Gasteiger partial charge in [0.25, 0.3) is 0 Å². The zero-order valence-electron chi connectivity index (χ0n) is 8.14. The number of benzene rings is 1. The molecule has 0 heterocycles. The molecule has 0 aliphatic heterocycles.